The van der Waals surface area contributed by atoms with Crippen molar-refractivity contribution < 1.29 is 9.90 Å². The fraction of sp³-hybridized carbons (Fsp3) is 0.235. The lowest BCUT2D eigenvalue weighted by Crippen LogP contribution is -2.09. The molecule has 1 atom stereocenters. The second-order valence-corrected chi connectivity index (χ2v) is 5.85. The van der Waals surface area contributed by atoms with E-state index in [1.54, 1.807) is 12.1 Å². The lowest BCUT2D eigenvalue weighted by Gasteiger charge is -2.18. The molecule has 0 saturated heterocycles. The third kappa shape index (κ3) is 2.74. The largest absolute Gasteiger partial charge is 0.478 e. The van der Waals surface area contributed by atoms with Crippen LogP contribution in [-0.2, 0) is 6.42 Å². The molecule has 108 valence electrons. The molecule has 2 aromatic rings. The summed E-state index contributed by atoms with van der Waals surface area (Å²) in [4.78, 5) is 11.1. The second-order valence-electron chi connectivity index (χ2n) is 5.41. The Hall–Kier alpha value is -2.00. The van der Waals surface area contributed by atoms with E-state index in [4.69, 9.17) is 16.7 Å². The zero-order chi connectivity index (χ0) is 15.0. The van der Waals surface area contributed by atoms with Crippen molar-refractivity contribution in [3.05, 3.63) is 63.7 Å². The standard InChI is InChI=1S/C17H16ClNO2/c1-10-2-3-12(17(20)21)9-16(10)19-15-7-4-11-8-13(18)5-6-14(11)15/h2-3,5-6,8-9,15,19H,4,7H2,1H3,(H,20,21). The minimum absolute atomic E-state index is 0.208. The number of anilines is 1. The van der Waals surface area contributed by atoms with Gasteiger partial charge in [0, 0.05) is 10.7 Å². The molecule has 0 heterocycles. The van der Waals surface area contributed by atoms with Crippen LogP contribution in [0.1, 0.15) is 39.5 Å². The summed E-state index contributed by atoms with van der Waals surface area (Å²) in [5.74, 6) is -0.906. The van der Waals surface area contributed by atoms with Crippen LogP contribution in [0.15, 0.2) is 36.4 Å². The highest BCUT2D eigenvalue weighted by atomic mass is 35.5. The minimum atomic E-state index is -0.906. The quantitative estimate of drug-likeness (QED) is 0.881. The van der Waals surface area contributed by atoms with Crippen molar-refractivity contribution in [3.8, 4) is 0 Å². The van der Waals surface area contributed by atoms with Crippen LogP contribution in [0, 0.1) is 6.92 Å². The molecule has 1 aliphatic rings. The van der Waals surface area contributed by atoms with E-state index >= 15 is 0 Å². The Morgan fingerprint density at radius 3 is 2.86 bits per heavy atom. The molecule has 1 unspecified atom stereocenters. The van der Waals surface area contributed by atoms with Crippen LogP contribution in [0.4, 0.5) is 5.69 Å². The summed E-state index contributed by atoms with van der Waals surface area (Å²) >= 11 is 6.03. The van der Waals surface area contributed by atoms with Gasteiger partial charge in [-0.15, -0.1) is 0 Å². The Balaban J connectivity index is 1.89. The van der Waals surface area contributed by atoms with E-state index < -0.39 is 5.97 Å². The van der Waals surface area contributed by atoms with Crippen LogP contribution < -0.4 is 5.32 Å². The maximum Gasteiger partial charge on any atom is 0.335 e. The molecule has 0 fully saturated rings. The van der Waals surface area contributed by atoms with Gasteiger partial charge < -0.3 is 10.4 Å². The van der Waals surface area contributed by atoms with Crippen LogP contribution in [0.3, 0.4) is 0 Å². The number of benzene rings is 2. The number of carboxylic acids is 1. The smallest absolute Gasteiger partial charge is 0.335 e. The van der Waals surface area contributed by atoms with E-state index in [1.165, 1.54) is 11.1 Å². The Labute approximate surface area is 128 Å². The summed E-state index contributed by atoms with van der Waals surface area (Å²) in [6.45, 7) is 1.98. The molecule has 0 aliphatic heterocycles. The highest BCUT2D eigenvalue weighted by molar-refractivity contribution is 6.30. The Morgan fingerprint density at radius 1 is 1.29 bits per heavy atom. The Morgan fingerprint density at radius 2 is 2.10 bits per heavy atom. The van der Waals surface area contributed by atoms with E-state index in [2.05, 4.69) is 11.4 Å². The topological polar surface area (TPSA) is 49.3 Å². The van der Waals surface area contributed by atoms with E-state index in [9.17, 15) is 4.79 Å². The van der Waals surface area contributed by atoms with Gasteiger partial charge in [-0.1, -0.05) is 23.7 Å². The summed E-state index contributed by atoms with van der Waals surface area (Å²) in [6.07, 6.45) is 1.98. The zero-order valence-corrected chi connectivity index (χ0v) is 12.4. The zero-order valence-electron chi connectivity index (χ0n) is 11.7. The number of hydrogen-bond donors (Lipinski definition) is 2. The summed E-state index contributed by atoms with van der Waals surface area (Å²) in [5, 5.41) is 13.3. The van der Waals surface area contributed by atoms with E-state index in [0.717, 1.165) is 29.1 Å². The summed E-state index contributed by atoms with van der Waals surface area (Å²) in [7, 11) is 0. The first-order chi connectivity index (χ1) is 10.0. The maximum atomic E-state index is 11.1. The van der Waals surface area contributed by atoms with E-state index in [0.29, 0.717) is 5.56 Å². The molecule has 3 nitrogen and oxygen atoms in total. The third-order valence-electron chi connectivity index (χ3n) is 4.00. The van der Waals surface area contributed by atoms with Gasteiger partial charge in [0.1, 0.15) is 0 Å². The highest BCUT2D eigenvalue weighted by Crippen LogP contribution is 2.36. The average molecular weight is 302 g/mol. The van der Waals surface area contributed by atoms with Gasteiger partial charge >= 0.3 is 5.97 Å². The number of carboxylic acid groups (broad SMARTS) is 1. The molecule has 0 radical (unpaired) electrons. The molecule has 21 heavy (non-hydrogen) atoms. The van der Waals surface area contributed by atoms with Crippen molar-refractivity contribution in [2.75, 3.05) is 5.32 Å². The van der Waals surface area contributed by atoms with E-state index in [1.807, 2.05) is 25.1 Å². The van der Waals surface area contributed by atoms with Gasteiger partial charge in [-0.05, 0) is 60.7 Å². The van der Waals surface area contributed by atoms with Crippen molar-refractivity contribution >= 4 is 23.3 Å². The van der Waals surface area contributed by atoms with E-state index in [-0.39, 0.29) is 6.04 Å². The van der Waals surface area contributed by atoms with Crippen LogP contribution in [0.2, 0.25) is 5.02 Å². The van der Waals surface area contributed by atoms with Gasteiger partial charge in [0.25, 0.3) is 0 Å². The molecule has 3 rings (SSSR count). The van der Waals surface area contributed by atoms with Gasteiger partial charge in [-0.2, -0.15) is 0 Å². The lowest BCUT2D eigenvalue weighted by atomic mass is 10.1. The number of halogens is 1. The highest BCUT2D eigenvalue weighted by Gasteiger charge is 2.23. The predicted molar refractivity (Wildman–Crippen MR) is 84.3 cm³/mol. The van der Waals surface area contributed by atoms with Gasteiger partial charge in [-0.3, -0.25) is 0 Å². The number of fused-ring (bicyclic) bond motifs is 1. The fourth-order valence-corrected chi connectivity index (χ4v) is 3.03. The van der Waals surface area contributed by atoms with Crippen molar-refractivity contribution in [1.29, 1.82) is 0 Å². The first-order valence-corrected chi connectivity index (χ1v) is 7.31. The average Bonchev–Trinajstić information content (AvgIpc) is 2.83. The molecular formula is C17H16ClNO2. The normalized spacial score (nSPS) is 16.6. The number of nitrogens with one attached hydrogen (secondary N) is 1. The maximum absolute atomic E-state index is 11.1. The first kappa shape index (κ1) is 14.0. The van der Waals surface area contributed by atoms with Gasteiger partial charge in [-0.25, -0.2) is 4.79 Å². The van der Waals surface area contributed by atoms with Crippen LogP contribution in [0.5, 0.6) is 0 Å². The molecule has 4 heteroatoms. The summed E-state index contributed by atoms with van der Waals surface area (Å²) < 4.78 is 0. The molecule has 0 saturated carbocycles. The Bertz CT molecular complexity index is 712. The van der Waals surface area contributed by atoms with Crippen LogP contribution >= 0.6 is 11.6 Å². The minimum Gasteiger partial charge on any atom is -0.478 e. The fourth-order valence-electron chi connectivity index (χ4n) is 2.83. The first-order valence-electron chi connectivity index (χ1n) is 6.93. The summed E-state index contributed by atoms with van der Waals surface area (Å²) in [5.41, 5.74) is 4.74. The van der Waals surface area contributed by atoms with Crippen LogP contribution in [0.25, 0.3) is 0 Å². The van der Waals surface area contributed by atoms with Crippen molar-refractivity contribution in [2.45, 2.75) is 25.8 Å². The van der Waals surface area contributed by atoms with Crippen molar-refractivity contribution in [3.63, 3.8) is 0 Å². The van der Waals surface area contributed by atoms with Crippen molar-refractivity contribution in [2.24, 2.45) is 0 Å². The monoisotopic (exact) mass is 301 g/mol. The molecule has 2 aromatic carbocycles. The SMILES string of the molecule is Cc1ccc(C(=O)O)cc1NC1CCc2cc(Cl)ccc21. The molecular weight excluding hydrogens is 286 g/mol. The number of aryl methyl sites for hydroxylation is 2. The van der Waals surface area contributed by atoms with Gasteiger partial charge in [0.15, 0.2) is 0 Å². The van der Waals surface area contributed by atoms with Crippen LogP contribution in [-0.4, -0.2) is 11.1 Å². The number of aromatic carboxylic acids is 1. The third-order valence-corrected chi connectivity index (χ3v) is 4.23. The molecule has 0 amide bonds. The number of carbonyl (C=O) groups is 1. The lowest BCUT2D eigenvalue weighted by molar-refractivity contribution is 0.0697. The second kappa shape index (κ2) is 5.41. The molecule has 0 aromatic heterocycles. The van der Waals surface area contributed by atoms with Crippen molar-refractivity contribution in [1.82, 2.24) is 0 Å². The summed E-state index contributed by atoms with van der Waals surface area (Å²) in [6, 6.07) is 11.3. The number of hydrogen-bond acceptors (Lipinski definition) is 2. The molecule has 2 N–H and O–H groups in total. The van der Waals surface area contributed by atoms with Gasteiger partial charge in [0.2, 0.25) is 0 Å². The molecule has 1 aliphatic carbocycles. The molecule has 0 spiro atoms. The molecule has 0 bridgehead atoms. The predicted octanol–water partition coefficient (Wildman–Crippen LogP) is 4.45. The Kier molecular flexibility index (Phi) is 3.60. The number of rotatable bonds is 3. The van der Waals surface area contributed by atoms with Gasteiger partial charge in [0.05, 0.1) is 11.6 Å².